The molecular formula is C11H7N3O3S2. The highest BCUT2D eigenvalue weighted by atomic mass is 33.1. The van der Waals surface area contributed by atoms with Gasteiger partial charge in [0.05, 0.1) is 15.5 Å². The molecule has 3 rings (SSSR count). The molecule has 0 fully saturated rings. The summed E-state index contributed by atoms with van der Waals surface area (Å²) in [5.41, 5.74) is 1.19. The van der Waals surface area contributed by atoms with Crippen molar-refractivity contribution in [2.24, 2.45) is 5.10 Å². The van der Waals surface area contributed by atoms with Crippen molar-refractivity contribution in [2.45, 2.75) is 0 Å². The van der Waals surface area contributed by atoms with Crippen molar-refractivity contribution >= 4 is 48.7 Å². The second kappa shape index (κ2) is 4.63. The van der Waals surface area contributed by atoms with E-state index in [1.165, 1.54) is 12.1 Å². The summed E-state index contributed by atoms with van der Waals surface area (Å²) in [6.07, 6.45) is 2.61. The Hall–Kier alpha value is -1.93. The van der Waals surface area contributed by atoms with Gasteiger partial charge >= 0.3 is 0 Å². The lowest BCUT2D eigenvalue weighted by atomic mass is 10.3. The number of nitro benzene ring substituents is 1. The number of benzene rings is 1. The van der Waals surface area contributed by atoms with Gasteiger partial charge in [0.15, 0.2) is 6.29 Å². The summed E-state index contributed by atoms with van der Waals surface area (Å²) in [5, 5.41) is 16.8. The average Bonchev–Trinajstić information content (AvgIpc) is 3.00. The molecule has 1 atom stereocenters. The van der Waals surface area contributed by atoms with Crippen LogP contribution in [-0.4, -0.2) is 21.8 Å². The molecule has 2 heterocycles. The molecule has 0 amide bonds. The SMILES string of the molecule is O=CC1=NN(c2ccc([N+](=O)[O-])cc2)S2=C1C=CS2. The minimum atomic E-state index is -0.445. The van der Waals surface area contributed by atoms with Gasteiger partial charge in [0.2, 0.25) is 0 Å². The highest BCUT2D eigenvalue weighted by Gasteiger charge is 2.27. The van der Waals surface area contributed by atoms with Gasteiger partial charge in [0.25, 0.3) is 5.69 Å². The van der Waals surface area contributed by atoms with Crippen LogP contribution in [-0.2, 0) is 4.79 Å². The van der Waals surface area contributed by atoms with E-state index in [0.29, 0.717) is 5.71 Å². The molecule has 0 aromatic heterocycles. The molecule has 0 bridgehead atoms. The Morgan fingerprint density at radius 3 is 2.74 bits per heavy atom. The first-order valence-electron chi connectivity index (χ1n) is 5.24. The smallest absolute Gasteiger partial charge is 0.269 e. The van der Waals surface area contributed by atoms with Crippen LogP contribution in [0, 0.1) is 10.1 Å². The van der Waals surface area contributed by atoms with Gasteiger partial charge < -0.3 is 0 Å². The Morgan fingerprint density at radius 1 is 1.37 bits per heavy atom. The van der Waals surface area contributed by atoms with E-state index in [2.05, 4.69) is 5.10 Å². The second-order valence-corrected chi connectivity index (χ2v) is 6.94. The molecule has 0 N–H and O–H groups in total. The number of rotatable bonds is 3. The number of nitrogens with zero attached hydrogens (tertiary/aromatic N) is 3. The Labute approximate surface area is 114 Å². The van der Waals surface area contributed by atoms with Gasteiger partial charge in [-0.25, -0.2) is 4.41 Å². The molecule has 1 unspecified atom stereocenters. The van der Waals surface area contributed by atoms with Crippen LogP contribution >= 0.6 is 20.5 Å². The van der Waals surface area contributed by atoms with Crippen LogP contribution in [0.5, 0.6) is 0 Å². The summed E-state index contributed by atoms with van der Waals surface area (Å²) < 4.78 is 1.73. The van der Waals surface area contributed by atoms with E-state index in [0.717, 1.165) is 16.8 Å². The monoisotopic (exact) mass is 293 g/mol. The summed E-state index contributed by atoms with van der Waals surface area (Å²) in [7, 11) is 1.22. The summed E-state index contributed by atoms with van der Waals surface area (Å²) in [5.74, 6) is 0. The first kappa shape index (κ1) is 12.1. The van der Waals surface area contributed by atoms with Gasteiger partial charge in [-0.15, -0.1) is 0 Å². The first-order chi connectivity index (χ1) is 9.20. The standard InChI is InChI=1S/C11H7N3O3S2/c15-7-10-11-5-6-18-19(11)13(12-10)8-1-3-9(4-2-8)14(16)17/h1-7H. The largest absolute Gasteiger partial charge is 0.296 e. The van der Waals surface area contributed by atoms with Crippen LogP contribution in [0.2, 0.25) is 0 Å². The van der Waals surface area contributed by atoms with Crippen molar-refractivity contribution < 1.29 is 9.72 Å². The van der Waals surface area contributed by atoms with Crippen molar-refractivity contribution in [3.63, 3.8) is 0 Å². The van der Waals surface area contributed by atoms with E-state index in [1.54, 1.807) is 27.3 Å². The zero-order valence-electron chi connectivity index (χ0n) is 9.42. The zero-order valence-corrected chi connectivity index (χ0v) is 11.1. The van der Waals surface area contributed by atoms with Gasteiger partial charge in [-0.1, -0.05) is 0 Å². The van der Waals surface area contributed by atoms with Crippen molar-refractivity contribution in [1.29, 1.82) is 0 Å². The maximum atomic E-state index is 11.0. The molecule has 8 heteroatoms. The second-order valence-electron chi connectivity index (χ2n) is 3.66. The lowest BCUT2D eigenvalue weighted by molar-refractivity contribution is -0.384. The predicted octanol–water partition coefficient (Wildman–Crippen LogP) is 2.50. The molecular weight excluding hydrogens is 286 g/mol. The Bertz CT molecular complexity index is 664. The molecule has 1 aromatic carbocycles. The van der Waals surface area contributed by atoms with Crippen LogP contribution < -0.4 is 4.41 Å². The summed E-state index contributed by atoms with van der Waals surface area (Å²) in [6.45, 7) is 0. The lowest BCUT2D eigenvalue weighted by Gasteiger charge is -2.16. The van der Waals surface area contributed by atoms with E-state index < -0.39 is 4.92 Å². The van der Waals surface area contributed by atoms with Gasteiger partial charge in [0, 0.05) is 21.8 Å². The van der Waals surface area contributed by atoms with Crippen molar-refractivity contribution in [3.8, 4) is 0 Å². The lowest BCUT2D eigenvalue weighted by Crippen LogP contribution is -2.08. The number of hydrogen-bond donors (Lipinski definition) is 0. The minimum Gasteiger partial charge on any atom is -0.296 e. The Balaban J connectivity index is 1.98. The van der Waals surface area contributed by atoms with Crippen LogP contribution in [0.3, 0.4) is 0 Å². The van der Waals surface area contributed by atoms with E-state index in [9.17, 15) is 14.9 Å². The first-order valence-corrected chi connectivity index (χ1v) is 7.82. The zero-order chi connectivity index (χ0) is 13.4. The number of allylic oxidation sites excluding steroid dienone is 1. The van der Waals surface area contributed by atoms with Crippen molar-refractivity contribution in [1.82, 2.24) is 0 Å². The summed E-state index contributed by atoms with van der Waals surface area (Å²) in [4.78, 5) is 22.0. The van der Waals surface area contributed by atoms with Crippen molar-refractivity contribution in [3.05, 3.63) is 45.9 Å². The topological polar surface area (TPSA) is 75.8 Å². The van der Waals surface area contributed by atoms with Gasteiger partial charge in [-0.3, -0.25) is 14.9 Å². The third-order valence-corrected chi connectivity index (χ3v) is 6.16. The van der Waals surface area contributed by atoms with E-state index in [1.807, 2.05) is 11.5 Å². The number of anilines is 1. The minimum absolute atomic E-state index is 0.0345. The van der Waals surface area contributed by atoms with Crippen LogP contribution in [0.1, 0.15) is 0 Å². The van der Waals surface area contributed by atoms with Crippen LogP contribution in [0.15, 0.2) is 40.9 Å². The van der Waals surface area contributed by atoms with Gasteiger partial charge in [-0.05, 0) is 34.4 Å². The highest BCUT2D eigenvalue weighted by molar-refractivity contribution is 8.86. The maximum absolute atomic E-state index is 11.0. The normalized spacial score (nSPS) is 20.4. The fourth-order valence-electron chi connectivity index (χ4n) is 1.68. The molecule has 2 aliphatic heterocycles. The number of carbonyl (C=O) groups excluding carboxylic acids is 1. The number of carbonyl (C=O) groups is 1. The molecule has 6 nitrogen and oxygen atoms in total. The number of hydrogen-bond acceptors (Lipinski definition) is 6. The highest BCUT2D eigenvalue weighted by Crippen LogP contribution is 2.47. The number of aldehydes is 1. The number of non-ortho nitro benzene ring substituents is 1. The van der Waals surface area contributed by atoms with Gasteiger partial charge in [-0.2, -0.15) is 5.10 Å². The van der Waals surface area contributed by atoms with Gasteiger partial charge in [0.1, 0.15) is 5.71 Å². The quantitative estimate of drug-likeness (QED) is 0.281. The van der Waals surface area contributed by atoms with E-state index >= 15 is 0 Å². The van der Waals surface area contributed by atoms with E-state index in [4.69, 9.17) is 0 Å². The Morgan fingerprint density at radius 2 is 2.11 bits per heavy atom. The van der Waals surface area contributed by atoms with Crippen LogP contribution in [0.25, 0.3) is 0 Å². The Kier molecular flexibility index (Phi) is 2.96. The number of nitro groups is 1. The molecule has 1 aromatic rings. The molecule has 96 valence electrons. The molecule has 0 radical (unpaired) electrons. The fourth-order valence-corrected chi connectivity index (χ4v) is 5.18. The van der Waals surface area contributed by atoms with Crippen molar-refractivity contribution in [2.75, 3.05) is 4.41 Å². The summed E-state index contributed by atoms with van der Waals surface area (Å²) >= 11 is 0. The van der Waals surface area contributed by atoms with E-state index in [-0.39, 0.29) is 15.4 Å². The molecule has 0 saturated heterocycles. The summed E-state index contributed by atoms with van der Waals surface area (Å²) in [6, 6.07) is 6.14. The predicted molar refractivity (Wildman–Crippen MR) is 78.4 cm³/mol. The molecule has 0 aliphatic carbocycles. The van der Waals surface area contributed by atoms with Crippen LogP contribution in [0.4, 0.5) is 11.4 Å². The maximum Gasteiger partial charge on any atom is 0.269 e. The average molecular weight is 293 g/mol. The third kappa shape index (κ3) is 1.98. The fraction of sp³-hybridized carbons (Fsp3) is 0. The molecule has 2 aliphatic rings. The molecule has 0 saturated carbocycles. The third-order valence-electron chi connectivity index (χ3n) is 2.56. The number of hydrazone groups is 1. The molecule has 0 spiro atoms. The molecule has 19 heavy (non-hydrogen) atoms.